The Morgan fingerprint density at radius 3 is 2.70 bits per heavy atom. The minimum absolute atomic E-state index is 0.0478. The molecule has 0 unspecified atom stereocenters. The summed E-state index contributed by atoms with van der Waals surface area (Å²) in [7, 11) is 0. The molecule has 0 fully saturated rings. The summed E-state index contributed by atoms with van der Waals surface area (Å²) in [6.45, 7) is 7.76. The second-order valence-corrected chi connectivity index (χ2v) is 5.24. The monoisotopic (exact) mass is 332 g/mol. The Balaban J connectivity index is 2.52. The second kappa shape index (κ2) is 9.22. The number of aromatic nitrogens is 1. The van der Waals surface area contributed by atoms with Crippen LogP contribution in [-0.4, -0.2) is 37.2 Å². The van der Waals surface area contributed by atoms with Gasteiger partial charge in [-0.1, -0.05) is 13.8 Å². The van der Waals surface area contributed by atoms with E-state index in [9.17, 15) is 13.2 Å². The van der Waals surface area contributed by atoms with Crippen LogP contribution in [0.5, 0.6) is 5.88 Å². The van der Waals surface area contributed by atoms with Crippen molar-refractivity contribution < 1.29 is 17.9 Å². The van der Waals surface area contributed by atoms with E-state index < -0.39 is 17.6 Å². The molecule has 0 aliphatic carbocycles. The Hall–Kier alpha value is -1.99. The van der Waals surface area contributed by atoms with Gasteiger partial charge >= 0.3 is 6.18 Å². The highest BCUT2D eigenvalue weighted by molar-refractivity contribution is 5.79. The molecule has 0 spiro atoms. The smallest absolute Gasteiger partial charge is 0.421 e. The predicted octanol–water partition coefficient (Wildman–Crippen LogP) is 2.69. The number of rotatable bonds is 7. The van der Waals surface area contributed by atoms with E-state index in [1.165, 1.54) is 12.3 Å². The normalized spacial score (nSPS) is 12.4. The zero-order valence-corrected chi connectivity index (χ0v) is 13.6. The van der Waals surface area contributed by atoms with Gasteiger partial charge in [0.1, 0.15) is 12.2 Å². The fourth-order valence-electron chi connectivity index (χ4n) is 1.65. The highest BCUT2D eigenvalue weighted by Gasteiger charge is 2.34. The van der Waals surface area contributed by atoms with Crippen molar-refractivity contribution in [3.63, 3.8) is 0 Å². The van der Waals surface area contributed by atoms with E-state index in [0.717, 1.165) is 6.07 Å². The molecule has 0 saturated carbocycles. The van der Waals surface area contributed by atoms with Gasteiger partial charge in [-0.15, -0.1) is 0 Å². The summed E-state index contributed by atoms with van der Waals surface area (Å²) in [5.41, 5.74) is -0.875. The quantitative estimate of drug-likeness (QED) is 0.458. The summed E-state index contributed by atoms with van der Waals surface area (Å²) in [5.74, 6) is 0.623. The van der Waals surface area contributed by atoms with Crippen LogP contribution in [0.4, 0.5) is 13.2 Å². The van der Waals surface area contributed by atoms with Gasteiger partial charge in [-0.2, -0.15) is 13.2 Å². The highest BCUT2D eigenvalue weighted by atomic mass is 19.4. The van der Waals surface area contributed by atoms with Crippen LogP contribution in [0.15, 0.2) is 23.3 Å². The van der Waals surface area contributed by atoms with Crippen LogP contribution in [0.2, 0.25) is 0 Å². The predicted molar refractivity (Wildman–Crippen MR) is 83.6 cm³/mol. The van der Waals surface area contributed by atoms with E-state index in [2.05, 4.69) is 34.5 Å². The Labute approximate surface area is 134 Å². The van der Waals surface area contributed by atoms with Gasteiger partial charge < -0.3 is 15.4 Å². The Morgan fingerprint density at radius 1 is 1.35 bits per heavy atom. The largest absolute Gasteiger partial charge is 0.475 e. The molecule has 0 radical (unpaired) electrons. The summed E-state index contributed by atoms with van der Waals surface area (Å²) in [6.07, 6.45) is -3.21. The second-order valence-electron chi connectivity index (χ2n) is 5.24. The molecule has 1 rings (SSSR count). The summed E-state index contributed by atoms with van der Waals surface area (Å²) >= 11 is 0. The third-order valence-corrected chi connectivity index (χ3v) is 2.67. The first-order chi connectivity index (χ1) is 10.8. The molecule has 0 aromatic carbocycles. The van der Waals surface area contributed by atoms with Crippen LogP contribution in [0.1, 0.15) is 26.3 Å². The van der Waals surface area contributed by atoms with E-state index in [1.54, 1.807) is 0 Å². The number of halogens is 3. The number of nitrogens with zero attached hydrogens (tertiary/aromatic N) is 2. The number of alkyl halides is 3. The minimum atomic E-state index is -4.48. The average Bonchev–Trinajstić information content (AvgIpc) is 2.48. The first kappa shape index (κ1) is 19.1. The van der Waals surface area contributed by atoms with Crippen molar-refractivity contribution in [3.8, 4) is 5.88 Å². The maximum absolute atomic E-state index is 12.8. The Bertz CT molecular complexity index is 504. The van der Waals surface area contributed by atoms with E-state index >= 15 is 0 Å². The third kappa shape index (κ3) is 7.21. The molecule has 130 valence electrons. The summed E-state index contributed by atoms with van der Waals surface area (Å²) in [6, 6.07) is 2.18. The van der Waals surface area contributed by atoms with Crippen LogP contribution in [0.25, 0.3) is 0 Å². The average molecular weight is 332 g/mol. The molecule has 23 heavy (non-hydrogen) atoms. The maximum Gasteiger partial charge on any atom is 0.421 e. The first-order valence-electron chi connectivity index (χ1n) is 7.51. The number of aliphatic imine (C=N–C) groups is 1. The zero-order chi connectivity index (χ0) is 17.3. The summed E-state index contributed by atoms with van der Waals surface area (Å²) < 4.78 is 43.5. The van der Waals surface area contributed by atoms with E-state index in [4.69, 9.17) is 4.74 Å². The van der Waals surface area contributed by atoms with Gasteiger partial charge in [0.2, 0.25) is 5.88 Å². The number of nitrogens with one attached hydrogen (secondary N) is 2. The standard InChI is InChI=1S/C15H23F3N4O/c1-4-19-14(22-10-11(2)3)21-8-9-23-13-12(15(16,17)18)6-5-7-20-13/h5-7,11H,4,8-10H2,1-3H3,(H2,19,21,22). The third-order valence-electron chi connectivity index (χ3n) is 2.67. The first-order valence-corrected chi connectivity index (χ1v) is 7.51. The van der Waals surface area contributed by atoms with Crippen molar-refractivity contribution in [1.29, 1.82) is 0 Å². The molecule has 1 heterocycles. The van der Waals surface area contributed by atoms with E-state index in [0.29, 0.717) is 31.5 Å². The van der Waals surface area contributed by atoms with Crippen molar-refractivity contribution in [1.82, 2.24) is 15.6 Å². The summed E-state index contributed by atoms with van der Waals surface area (Å²) in [4.78, 5) is 8.00. The van der Waals surface area contributed by atoms with Gasteiger partial charge in [0.05, 0.1) is 6.54 Å². The van der Waals surface area contributed by atoms with Gasteiger partial charge in [0.25, 0.3) is 0 Å². The lowest BCUT2D eigenvalue weighted by Crippen LogP contribution is -2.39. The van der Waals surface area contributed by atoms with Crippen molar-refractivity contribution in [3.05, 3.63) is 23.9 Å². The fraction of sp³-hybridized carbons (Fsp3) is 0.600. The van der Waals surface area contributed by atoms with Crippen molar-refractivity contribution in [2.75, 3.05) is 26.2 Å². The molecule has 0 aliphatic rings. The van der Waals surface area contributed by atoms with Gasteiger partial charge in [-0.3, -0.25) is 4.99 Å². The van der Waals surface area contributed by atoms with Crippen LogP contribution in [0, 0.1) is 5.92 Å². The maximum atomic E-state index is 12.8. The molecule has 0 atom stereocenters. The van der Waals surface area contributed by atoms with E-state index in [1.807, 2.05) is 6.92 Å². The minimum Gasteiger partial charge on any atom is -0.475 e. The van der Waals surface area contributed by atoms with Crippen LogP contribution in [0.3, 0.4) is 0 Å². The molecule has 0 aliphatic heterocycles. The fourth-order valence-corrected chi connectivity index (χ4v) is 1.65. The van der Waals surface area contributed by atoms with Gasteiger partial charge in [0.15, 0.2) is 5.96 Å². The molecular weight excluding hydrogens is 309 g/mol. The van der Waals surface area contributed by atoms with Crippen molar-refractivity contribution in [2.45, 2.75) is 26.9 Å². The Morgan fingerprint density at radius 2 is 2.09 bits per heavy atom. The SMILES string of the molecule is CCNC(=NCC(C)C)NCCOc1ncccc1C(F)(F)F. The van der Waals surface area contributed by atoms with Crippen molar-refractivity contribution >= 4 is 5.96 Å². The molecule has 1 aromatic rings. The molecule has 0 saturated heterocycles. The van der Waals surface area contributed by atoms with Crippen LogP contribution in [-0.2, 0) is 6.18 Å². The molecule has 2 N–H and O–H groups in total. The Kier molecular flexibility index (Phi) is 7.64. The molecule has 0 amide bonds. The van der Waals surface area contributed by atoms with Gasteiger partial charge in [-0.05, 0) is 25.0 Å². The molecule has 1 aromatic heterocycles. The van der Waals surface area contributed by atoms with Crippen LogP contribution >= 0.6 is 0 Å². The number of pyridine rings is 1. The summed E-state index contributed by atoms with van der Waals surface area (Å²) in [5, 5.41) is 6.07. The lowest BCUT2D eigenvalue weighted by Gasteiger charge is -2.14. The number of hydrogen-bond donors (Lipinski definition) is 2. The lowest BCUT2D eigenvalue weighted by atomic mass is 10.2. The van der Waals surface area contributed by atoms with Gasteiger partial charge in [0, 0.05) is 19.3 Å². The zero-order valence-electron chi connectivity index (χ0n) is 13.6. The molecule has 0 bridgehead atoms. The molecular formula is C15H23F3N4O. The van der Waals surface area contributed by atoms with Gasteiger partial charge in [-0.25, -0.2) is 4.98 Å². The highest BCUT2D eigenvalue weighted by Crippen LogP contribution is 2.34. The van der Waals surface area contributed by atoms with Crippen molar-refractivity contribution in [2.24, 2.45) is 10.9 Å². The van der Waals surface area contributed by atoms with Crippen LogP contribution < -0.4 is 15.4 Å². The number of guanidine groups is 1. The number of ether oxygens (including phenoxy) is 1. The topological polar surface area (TPSA) is 58.5 Å². The van der Waals surface area contributed by atoms with E-state index in [-0.39, 0.29) is 6.61 Å². The molecule has 5 nitrogen and oxygen atoms in total. The number of hydrogen-bond acceptors (Lipinski definition) is 3. The lowest BCUT2D eigenvalue weighted by molar-refractivity contribution is -0.139. The molecule has 8 heteroatoms.